The minimum Gasteiger partial charge on any atom is -0.435 e. The van der Waals surface area contributed by atoms with E-state index in [0.717, 1.165) is 18.4 Å². The fourth-order valence-electron chi connectivity index (χ4n) is 3.18. The number of oxazole rings is 1. The molecule has 1 aliphatic rings. The molecule has 1 aliphatic carbocycles. The van der Waals surface area contributed by atoms with Gasteiger partial charge in [-0.2, -0.15) is 0 Å². The quantitative estimate of drug-likeness (QED) is 0.793. The van der Waals surface area contributed by atoms with E-state index < -0.39 is 0 Å². The van der Waals surface area contributed by atoms with E-state index in [1.165, 1.54) is 19.3 Å². The third kappa shape index (κ3) is 3.02. The van der Waals surface area contributed by atoms with E-state index in [2.05, 4.69) is 15.3 Å². The zero-order valence-corrected chi connectivity index (χ0v) is 13.4. The fraction of sp³-hybridized carbons (Fsp3) is 0.316. The molecule has 0 radical (unpaired) electrons. The summed E-state index contributed by atoms with van der Waals surface area (Å²) < 4.78 is 5.78. The maximum Gasteiger partial charge on any atom is 0.251 e. The van der Waals surface area contributed by atoms with Crippen molar-refractivity contribution in [2.24, 2.45) is 0 Å². The Morgan fingerprint density at radius 1 is 1.12 bits per heavy atom. The van der Waals surface area contributed by atoms with Crippen molar-refractivity contribution < 1.29 is 9.21 Å². The molecule has 0 spiro atoms. The van der Waals surface area contributed by atoms with E-state index in [1.807, 2.05) is 24.3 Å². The largest absolute Gasteiger partial charge is 0.435 e. The molecule has 4 rings (SSSR count). The summed E-state index contributed by atoms with van der Waals surface area (Å²) >= 11 is 0. The Labute approximate surface area is 140 Å². The topological polar surface area (TPSA) is 68.0 Å². The Kier molecular flexibility index (Phi) is 3.99. The molecule has 0 bridgehead atoms. The predicted molar refractivity (Wildman–Crippen MR) is 91.6 cm³/mol. The number of carbonyl (C=O) groups excluding carboxylic acids is 1. The molecule has 122 valence electrons. The highest BCUT2D eigenvalue weighted by Gasteiger charge is 2.18. The second kappa shape index (κ2) is 6.43. The lowest BCUT2D eigenvalue weighted by Crippen LogP contribution is -2.36. The lowest BCUT2D eigenvalue weighted by Gasteiger charge is -2.22. The first kappa shape index (κ1) is 14.9. The highest BCUT2D eigenvalue weighted by molar-refractivity contribution is 5.97. The van der Waals surface area contributed by atoms with Crippen molar-refractivity contribution in [2.45, 2.75) is 38.1 Å². The number of fused-ring (bicyclic) bond motifs is 1. The maximum absolute atomic E-state index is 12.4. The number of rotatable bonds is 3. The van der Waals surface area contributed by atoms with Gasteiger partial charge >= 0.3 is 0 Å². The molecule has 1 fully saturated rings. The number of nitrogens with one attached hydrogen (secondary N) is 1. The van der Waals surface area contributed by atoms with Crippen LogP contribution >= 0.6 is 0 Å². The highest BCUT2D eigenvalue weighted by Crippen LogP contribution is 2.24. The summed E-state index contributed by atoms with van der Waals surface area (Å²) in [5, 5.41) is 3.12. The standard InChI is InChI=1S/C19H19N3O2/c23-18(21-14-6-2-1-3-7-14)13-9-10-15-17(12-13)24-19(22-15)16-8-4-5-11-20-16/h4-5,8-12,14H,1-3,6-7H2,(H,21,23). The predicted octanol–water partition coefficient (Wildman–Crippen LogP) is 3.95. The summed E-state index contributed by atoms with van der Waals surface area (Å²) in [5.41, 5.74) is 2.62. The summed E-state index contributed by atoms with van der Waals surface area (Å²) in [7, 11) is 0. The summed E-state index contributed by atoms with van der Waals surface area (Å²) in [5.74, 6) is 0.426. The van der Waals surface area contributed by atoms with Crippen LogP contribution < -0.4 is 5.32 Å². The van der Waals surface area contributed by atoms with Gasteiger partial charge in [0.25, 0.3) is 5.91 Å². The minimum absolute atomic E-state index is 0.0420. The molecule has 5 nitrogen and oxygen atoms in total. The number of nitrogens with zero attached hydrogens (tertiary/aromatic N) is 2. The van der Waals surface area contributed by atoms with Gasteiger partial charge in [-0.3, -0.25) is 9.78 Å². The number of hydrogen-bond acceptors (Lipinski definition) is 4. The van der Waals surface area contributed by atoms with Crippen LogP contribution in [0.15, 0.2) is 47.0 Å². The van der Waals surface area contributed by atoms with Crippen molar-refractivity contribution in [2.75, 3.05) is 0 Å². The number of aromatic nitrogens is 2. The lowest BCUT2D eigenvalue weighted by molar-refractivity contribution is 0.0927. The first-order valence-corrected chi connectivity index (χ1v) is 8.42. The lowest BCUT2D eigenvalue weighted by atomic mass is 9.95. The Morgan fingerprint density at radius 2 is 2.00 bits per heavy atom. The van der Waals surface area contributed by atoms with Gasteiger partial charge in [0.1, 0.15) is 11.2 Å². The van der Waals surface area contributed by atoms with Crippen LogP contribution in [-0.2, 0) is 0 Å². The monoisotopic (exact) mass is 321 g/mol. The molecule has 3 aromatic rings. The summed E-state index contributed by atoms with van der Waals surface area (Å²) in [6, 6.07) is 11.3. The zero-order chi connectivity index (χ0) is 16.4. The van der Waals surface area contributed by atoms with Gasteiger partial charge in [0, 0.05) is 17.8 Å². The smallest absolute Gasteiger partial charge is 0.251 e. The molecule has 0 atom stereocenters. The van der Waals surface area contributed by atoms with Gasteiger partial charge in [-0.15, -0.1) is 0 Å². The van der Waals surface area contributed by atoms with E-state index in [-0.39, 0.29) is 5.91 Å². The van der Waals surface area contributed by atoms with Gasteiger partial charge in [0.15, 0.2) is 5.58 Å². The van der Waals surface area contributed by atoms with Crippen molar-refractivity contribution in [3.05, 3.63) is 48.2 Å². The van der Waals surface area contributed by atoms with Gasteiger partial charge in [-0.05, 0) is 43.2 Å². The molecule has 2 heterocycles. The molecular weight excluding hydrogens is 302 g/mol. The number of carbonyl (C=O) groups is 1. The summed E-state index contributed by atoms with van der Waals surface area (Å²) in [4.78, 5) is 21.1. The van der Waals surface area contributed by atoms with Crippen LogP contribution in [0.3, 0.4) is 0 Å². The minimum atomic E-state index is -0.0420. The molecule has 24 heavy (non-hydrogen) atoms. The van der Waals surface area contributed by atoms with Crippen LogP contribution in [0.4, 0.5) is 0 Å². The number of pyridine rings is 1. The van der Waals surface area contributed by atoms with Gasteiger partial charge in [-0.25, -0.2) is 4.98 Å². The third-order valence-electron chi connectivity index (χ3n) is 4.48. The molecule has 0 saturated heterocycles. The second-order valence-electron chi connectivity index (χ2n) is 6.22. The van der Waals surface area contributed by atoms with E-state index in [0.29, 0.717) is 28.8 Å². The van der Waals surface area contributed by atoms with Gasteiger partial charge in [0.2, 0.25) is 5.89 Å². The molecule has 1 aromatic carbocycles. The zero-order valence-electron chi connectivity index (χ0n) is 13.4. The van der Waals surface area contributed by atoms with Gasteiger partial charge < -0.3 is 9.73 Å². The van der Waals surface area contributed by atoms with E-state index in [1.54, 1.807) is 18.3 Å². The van der Waals surface area contributed by atoms with Gasteiger partial charge in [-0.1, -0.05) is 25.3 Å². The van der Waals surface area contributed by atoms with E-state index in [4.69, 9.17) is 4.42 Å². The highest BCUT2D eigenvalue weighted by atomic mass is 16.3. The Morgan fingerprint density at radius 3 is 2.79 bits per heavy atom. The Bertz CT molecular complexity index is 851. The van der Waals surface area contributed by atoms with Crippen molar-refractivity contribution in [3.8, 4) is 11.6 Å². The van der Waals surface area contributed by atoms with Crippen LogP contribution in [0.25, 0.3) is 22.7 Å². The number of hydrogen-bond donors (Lipinski definition) is 1. The Balaban J connectivity index is 1.57. The number of amides is 1. The first-order chi connectivity index (χ1) is 11.8. The van der Waals surface area contributed by atoms with E-state index in [9.17, 15) is 4.79 Å². The van der Waals surface area contributed by atoms with Crippen molar-refractivity contribution >= 4 is 17.0 Å². The van der Waals surface area contributed by atoms with Crippen molar-refractivity contribution in [3.63, 3.8) is 0 Å². The Hall–Kier alpha value is -2.69. The fourth-order valence-corrected chi connectivity index (χ4v) is 3.18. The van der Waals surface area contributed by atoms with Gasteiger partial charge in [0.05, 0.1) is 0 Å². The van der Waals surface area contributed by atoms with E-state index >= 15 is 0 Å². The van der Waals surface area contributed by atoms with Crippen molar-refractivity contribution in [1.82, 2.24) is 15.3 Å². The van der Waals surface area contributed by atoms with Crippen LogP contribution in [0.1, 0.15) is 42.5 Å². The third-order valence-corrected chi connectivity index (χ3v) is 4.48. The van der Waals surface area contributed by atoms with Crippen LogP contribution in [0, 0.1) is 0 Å². The molecule has 0 unspecified atom stereocenters. The SMILES string of the molecule is O=C(NC1CCCCC1)c1ccc2nc(-c3ccccn3)oc2c1. The average Bonchev–Trinajstić information content (AvgIpc) is 3.06. The second-order valence-corrected chi connectivity index (χ2v) is 6.22. The molecular formula is C19H19N3O2. The molecule has 2 aromatic heterocycles. The van der Waals surface area contributed by atoms with Crippen LogP contribution in [0.2, 0.25) is 0 Å². The molecule has 0 aliphatic heterocycles. The average molecular weight is 321 g/mol. The summed E-state index contributed by atoms with van der Waals surface area (Å²) in [6.07, 6.45) is 7.50. The molecule has 1 amide bonds. The summed E-state index contributed by atoms with van der Waals surface area (Å²) in [6.45, 7) is 0. The number of benzene rings is 1. The maximum atomic E-state index is 12.4. The van der Waals surface area contributed by atoms with Crippen LogP contribution in [0.5, 0.6) is 0 Å². The molecule has 1 saturated carbocycles. The van der Waals surface area contributed by atoms with Crippen LogP contribution in [-0.4, -0.2) is 21.9 Å². The molecule has 1 N–H and O–H groups in total. The first-order valence-electron chi connectivity index (χ1n) is 8.42. The van der Waals surface area contributed by atoms with Crippen molar-refractivity contribution in [1.29, 1.82) is 0 Å². The normalized spacial score (nSPS) is 15.5. The molecule has 5 heteroatoms.